The number of aryl methyl sites for hydroxylation is 1. The zero-order valence-electron chi connectivity index (χ0n) is 14.8. The average Bonchev–Trinajstić information content (AvgIpc) is 3.23. The summed E-state index contributed by atoms with van der Waals surface area (Å²) in [7, 11) is 3.47. The van der Waals surface area contributed by atoms with E-state index in [0.29, 0.717) is 30.0 Å². The Bertz CT molecular complexity index is 838. The summed E-state index contributed by atoms with van der Waals surface area (Å²) in [5.41, 5.74) is 1.56. The Kier molecular flexibility index (Phi) is 4.92. The average molecular weight is 342 g/mol. The Morgan fingerprint density at radius 2 is 2.16 bits per heavy atom. The second kappa shape index (κ2) is 7.29. The van der Waals surface area contributed by atoms with Crippen LogP contribution < -0.4 is 10.1 Å². The Morgan fingerprint density at radius 3 is 2.84 bits per heavy atom. The van der Waals surface area contributed by atoms with Crippen molar-refractivity contribution < 1.29 is 4.74 Å². The molecule has 132 valence electrons. The fraction of sp³-hybridized carbons (Fsp3) is 0.438. The van der Waals surface area contributed by atoms with Gasteiger partial charge >= 0.3 is 0 Å². The molecule has 0 radical (unpaired) electrons. The molecule has 0 aromatic carbocycles. The van der Waals surface area contributed by atoms with Crippen LogP contribution in [0.2, 0.25) is 0 Å². The molecule has 3 rings (SSSR count). The lowest BCUT2D eigenvalue weighted by Crippen LogP contribution is -2.13. The SMILES string of the molecule is COc1cnc(NCCc2nncn2C(C)C)nc1-c1ccnn1C. The fourth-order valence-corrected chi connectivity index (χ4v) is 2.56. The van der Waals surface area contributed by atoms with Crippen LogP contribution >= 0.6 is 0 Å². The summed E-state index contributed by atoms with van der Waals surface area (Å²) >= 11 is 0. The van der Waals surface area contributed by atoms with Crippen LogP contribution in [0.4, 0.5) is 5.95 Å². The molecule has 0 aliphatic carbocycles. The largest absolute Gasteiger partial charge is 0.493 e. The van der Waals surface area contributed by atoms with Gasteiger partial charge in [0.15, 0.2) is 5.75 Å². The van der Waals surface area contributed by atoms with Gasteiger partial charge in [0.05, 0.1) is 19.0 Å². The lowest BCUT2D eigenvalue weighted by molar-refractivity contribution is 0.412. The van der Waals surface area contributed by atoms with Gasteiger partial charge in [-0.1, -0.05) is 0 Å². The maximum absolute atomic E-state index is 5.37. The molecule has 0 aliphatic rings. The van der Waals surface area contributed by atoms with Crippen molar-refractivity contribution in [2.75, 3.05) is 19.0 Å². The Balaban J connectivity index is 1.73. The van der Waals surface area contributed by atoms with E-state index in [0.717, 1.165) is 17.9 Å². The number of nitrogens with one attached hydrogen (secondary N) is 1. The topological polar surface area (TPSA) is 95.6 Å². The highest BCUT2D eigenvalue weighted by molar-refractivity contribution is 5.63. The summed E-state index contributed by atoms with van der Waals surface area (Å²) in [6, 6.07) is 2.22. The molecule has 1 N–H and O–H groups in total. The summed E-state index contributed by atoms with van der Waals surface area (Å²) in [6.45, 7) is 4.86. The van der Waals surface area contributed by atoms with Crippen LogP contribution in [0.15, 0.2) is 24.8 Å². The molecule has 0 saturated heterocycles. The molecule has 0 bridgehead atoms. The van der Waals surface area contributed by atoms with Gasteiger partial charge in [-0.25, -0.2) is 9.97 Å². The summed E-state index contributed by atoms with van der Waals surface area (Å²) in [6.07, 6.45) is 5.87. The number of aromatic nitrogens is 7. The summed E-state index contributed by atoms with van der Waals surface area (Å²) in [5.74, 6) is 2.07. The van der Waals surface area contributed by atoms with E-state index in [1.165, 1.54) is 0 Å². The molecule has 9 nitrogen and oxygen atoms in total. The van der Waals surface area contributed by atoms with Crippen molar-refractivity contribution in [1.29, 1.82) is 0 Å². The highest BCUT2D eigenvalue weighted by Crippen LogP contribution is 2.27. The monoisotopic (exact) mass is 342 g/mol. The van der Waals surface area contributed by atoms with E-state index in [9.17, 15) is 0 Å². The number of ether oxygens (including phenoxy) is 1. The van der Waals surface area contributed by atoms with E-state index < -0.39 is 0 Å². The molecule has 3 aromatic rings. The van der Waals surface area contributed by atoms with Crippen molar-refractivity contribution in [3.63, 3.8) is 0 Å². The Morgan fingerprint density at radius 1 is 1.32 bits per heavy atom. The van der Waals surface area contributed by atoms with Gasteiger partial charge in [0, 0.05) is 32.3 Å². The van der Waals surface area contributed by atoms with E-state index >= 15 is 0 Å². The van der Waals surface area contributed by atoms with E-state index in [4.69, 9.17) is 4.74 Å². The highest BCUT2D eigenvalue weighted by atomic mass is 16.5. The minimum absolute atomic E-state index is 0.332. The second-order valence-corrected chi connectivity index (χ2v) is 5.88. The van der Waals surface area contributed by atoms with Crippen molar-refractivity contribution in [3.8, 4) is 17.1 Å². The van der Waals surface area contributed by atoms with Crippen LogP contribution in [0, 0.1) is 0 Å². The molecule has 0 spiro atoms. The molecule has 0 fully saturated rings. The molecule has 0 saturated carbocycles. The van der Waals surface area contributed by atoms with Crippen LogP contribution in [0.5, 0.6) is 5.75 Å². The zero-order valence-corrected chi connectivity index (χ0v) is 14.8. The van der Waals surface area contributed by atoms with Crippen LogP contribution in [0.25, 0.3) is 11.4 Å². The molecule has 0 atom stereocenters. The third kappa shape index (κ3) is 3.59. The first kappa shape index (κ1) is 16.9. The number of hydrogen-bond donors (Lipinski definition) is 1. The predicted octanol–water partition coefficient (Wildman–Crippen LogP) is 1.71. The Hall–Kier alpha value is -2.97. The van der Waals surface area contributed by atoms with Gasteiger partial charge in [-0.15, -0.1) is 10.2 Å². The Labute approximate surface area is 146 Å². The molecule has 0 aliphatic heterocycles. The molecular formula is C16H22N8O. The second-order valence-electron chi connectivity index (χ2n) is 5.88. The number of methoxy groups -OCH3 is 1. The molecular weight excluding hydrogens is 320 g/mol. The van der Waals surface area contributed by atoms with Gasteiger partial charge in [0.25, 0.3) is 0 Å². The maximum atomic E-state index is 5.37. The summed E-state index contributed by atoms with van der Waals surface area (Å²) in [4.78, 5) is 8.88. The van der Waals surface area contributed by atoms with Gasteiger partial charge in [0.1, 0.15) is 17.8 Å². The van der Waals surface area contributed by atoms with E-state index in [1.807, 2.05) is 13.1 Å². The smallest absolute Gasteiger partial charge is 0.223 e. The van der Waals surface area contributed by atoms with Crippen LogP contribution in [0.1, 0.15) is 25.7 Å². The first-order chi connectivity index (χ1) is 12.1. The van der Waals surface area contributed by atoms with Gasteiger partial charge in [-0.05, 0) is 19.9 Å². The fourth-order valence-electron chi connectivity index (χ4n) is 2.56. The predicted molar refractivity (Wildman–Crippen MR) is 93.4 cm³/mol. The quantitative estimate of drug-likeness (QED) is 0.698. The van der Waals surface area contributed by atoms with E-state index in [1.54, 1.807) is 30.5 Å². The first-order valence-electron chi connectivity index (χ1n) is 8.11. The number of rotatable bonds is 7. The molecule has 0 amide bonds. The van der Waals surface area contributed by atoms with Crippen molar-refractivity contribution in [3.05, 3.63) is 30.6 Å². The standard InChI is InChI=1S/C16H22N8O/c1-11(2)24-10-19-22-14(24)6-7-17-16-18-9-13(25-4)15(21-16)12-5-8-20-23(12)3/h5,8-11H,6-7H2,1-4H3,(H,17,18,21). The zero-order chi connectivity index (χ0) is 17.8. The van der Waals surface area contributed by atoms with Crippen LogP contribution in [-0.2, 0) is 13.5 Å². The van der Waals surface area contributed by atoms with Gasteiger partial charge in [-0.3, -0.25) is 4.68 Å². The van der Waals surface area contributed by atoms with Gasteiger partial charge in [-0.2, -0.15) is 5.10 Å². The third-order valence-electron chi connectivity index (χ3n) is 3.87. The van der Waals surface area contributed by atoms with Gasteiger partial charge in [0.2, 0.25) is 5.95 Å². The molecule has 3 heterocycles. The molecule has 0 unspecified atom stereocenters. The van der Waals surface area contributed by atoms with Crippen molar-refractivity contribution in [2.24, 2.45) is 7.05 Å². The van der Waals surface area contributed by atoms with Gasteiger partial charge < -0.3 is 14.6 Å². The normalized spacial score (nSPS) is 11.1. The lowest BCUT2D eigenvalue weighted by atomic mass is 10.3. The minimum Gasteiger partial charge on any atom is -0.493 e. The summed E-state index contributed by atoms with van der Waals surface area (Å²) < 4.78 is 9.17. The van der Waals surface area contributed by atoms with E-state index in [2.05, 4.69) is 49.0 Å². The van der Waals surface area contributed by atoms with Crippen LogP contribution in [0.3, 0.4) is 0 Å². The number of hydrogen-bond acceptors (Lipinski definition) is 7. The lowest BCUT2D eigenvalue weighted by Gasteiger charge is -2.12. The molecule has 25 heavy (non-hydrogen) atoms. The van der Waals surface area contributed by atoms with Crippen molar-refractivity contribution in [2.45, 2.75) is 26.3 Å². The molecule has 9 heteroatoms. The third-order valence-corrected chi connectivity index (χ3v) is 3.87. The molecule has 3 aromatic heterocycles. The van der Waals surface area contributed by atoms with E-state index in [-0.39, 0.29) is 0 Å². The van der Waals surface area contributed by atoms with Crippen molar-refractivity contribution >= 4 is 5.95 Å². The highest BCUT2D eigenvalue weighted by Gasteiger charge is 2.13. The first-order valence-corrected chi connectivity index (χ1v) is 8.11. The maximum Gasteiger partial charge on any atom is 0.223 e. The number of nitrogens with zero attached hydrogens (tertiary/aromatic N) is 7. The summed E-state index contributed by atoms with van der Waals surface area (Å²) in [5, 5.41) is 15.6. The van der Waals surface area contributed by atoms with Crippen LogP contribution in [-0.4, -0.2) is 48.2 Å². The minimum atomic E-state index is 0.332. The van der Waals surface area contributed by atoms with Crippen molar-refractivity contribution in [1.82, 2.24) is 34.5 Å². The number of anilines is 1.